The Balaban J connectivity index is 3.08. The SMILES string of the molecule is Cc1cncc(F)n1. The van der Waals surface area contributed by atoms with E-state index in [0.717, 1.165) is 6.20 Å². The summed E-state index contributed by atoms with van der Waals surface area (Å²) in [5.41, 5.74) is 0.602. The summed E-state index contributed by atoms with van der Waals surface area (Å²) in [6, 6.07) is 0. The summed E-state index contributed by atoms with van der Waals surface area (Å²) in [7, 11) is 0. The molecule has 0 bridgehead atoms. The molecule has 0 N–H and O–H groups in total. The highest BCUT2D eigenvalue weighted by Crippen LogP contribution is 1.89. The van der Waals surface area contributed by atoms with Crippen LogP contribution in [0, 0.1) is 12.9 Å². The fourth-order valence-electron chi connectivity index (χ4n) is 0.433. The number of aromatic nitrogens is 2. The fourth-order valence-corrected chi connectivity index (χ4v) is 0.433. The Kier molecular flexibility index (Phi) is 1.20. The third-order valence-electron chi connectivity index (χ3n) is 0.726. The summed E-state index contributed by atoms with van der Waals surface area (Å²) < 4.78 is 12.0. The van der Waals surface area contributed by atoms with E-state index in [0.29, 0.717) is 5.69 Å². The molecule has 1 heterocycles. The number of rotatable bonds is 0. The van der Waals surface area contributed by atoms with Crippen LogP contribution < -0.4 is 0 Å². The van der Waals surface area contributed by atoms with Crippen molar-refractivity contribution in [1.29, 1.82) is 0 Å². The lowest BCUT2D eigenvalue weighted by Crippen LogP contribution is -1.86. The van der Waals surface area contributed by atoms with E-state index in [-0.39, 0.29) is 0 Å². The second-order valence-electron chi connectivity index (χ2n) is 1.48. The van der Waals surface area contributed by atoms with Crippen molar-refractivity contribution in [3.05, 3.63) is 24.0 Å². The zero-order valence-electron chi connectivity index (χ0n) is 4.43. The van der Waals surface area contributed by atoms with Crippen LogP contribution in [0.5, 0.6) is 0 Å². The van der Waals surface area contributed by atoms with E-state index < -0.39 is 5.95 Å². The molecule has 0 aliphatic carbocycles. The molecule has 42 valence electrons. The van der Waals surface area contributed by atoms with Crippen LogP contribution in [-0.4, -0.2) is 9.97 Å². The van der Waals surface area contributed by atoms with Crippen molar-refractivity contribution in [3.63, 3.8) is 0 Å². The van der Waals surface area contributed by atoms with E-state index in [1.165, 1.54) is 6.20 Å². The van der Waals surface area contributed by atoms with Crippen LogP contribution in [0.4, 0.5) is 4.39 Å². The predicted molar refractivity (Wildman–Crippen MR) is 26.7 cm³/mol. The topological polar surface area (TPSA) is 25.8 Å². The van der Waals surface area contributed by atoms with Crippen LogP contribution in [-0.2, 0) is 0 Å². The fraction of sp³-hybridized carbons (Fsp3) is 0.200. The molecule has 0 aliphatic rings. The zero-order valence-corrected chi connectivity index (χ0v) is 4.43. The largest absolute Gasteiger partial charge is 0.258 e. The van der Waals surface area contributed by atoms with Crippen LogP contribution >= 0.6 is 0 Å². The molecule has 0 unspecified atom stereocenters. The van der Waals surface area contributed by atoms with Crippen LogP contribution in [0.15, 0.2) is 12.4 Å². The van der Waals surface area contributed by atoms with Gasteiger partial charge in [0.25, 0.3) is 0 Å². The summed E-state index contributed by atoms with van der Waals surface area (Å²) in [5.74, 6) is -0.523. The molecular weight excluding hydrogens is 107 g/mol. The van der Waals surface area contributed by atoms with Gasteiger partial charge in [-0.3, -0.25) is 4.98 Å². The molecule has 1 rings (SSSR count). The van der Waals surface area contributed by atoms with E-state index in [1.54, 1.807) is 6.92 Å². The van der Waals surface area contributed by atoms with E-state index in [4.69, 9.17) is 0 Å². The second-order valence-corrected chi connectivity index (χ2v) is 1.48. The van der Waals surface area contributed by atoms with Crippen molar-refractivity contribution < 1.29 is 4.39 Å². The Morgan fingerprint density at radius 3 is 2.62 bits per heavy atom. The first-order valence-electron chi connectivity index (χ1n) is 2.23. The minimum Gasteiger partial charge on any atom is -0.258 e. The highest BCUT2D eigenvalue weighted by Gasteiger charge is 1.87. The van der Waals surface area contributed by atoms with Crippen molar-refractivity contribution in [2.24, 2.45) is 0 Å². The Bertz CT molecular complexity index is 170. The number of nitrogens with zero attached hydrogens (tertiary/aromatic N) is 2. The Morgan fingerprint density at radius 1 is 1.50 bits per heavy atom. The van der Waals surface area contributed by atoms with Crippen molar-refractivity contribution >= 4 is 0 Å². The van der Waals surface area contributed by atoms with Crippen molar-refractivity contribution in [1.82, 2.24) is 9.97 Å². The van der Waals surface area contributed by atoms with E-state index in [2.05, 4.69) is 9.97 Å². The Hall–Kier alpha value is -0.990. The first kappa shape index (κ1) is 5.15. The number of hydrogen-bond donors (Lipinski definition) is 0. The lowest BCUT2D eigenvalue weighted by molar-refractivity contribution is 0.572. The molecule has 0 aliphatic heterocycles. The minimum absolute atomic E-state index is 0.523. The predicted octanol–water partition coefficient (Wildman–Crippen LogP) is 0.924. The Morgan fingerprint density at radius 2 is 2.25 bits per heavy atom. The lowest BCUT2D eigenvalue weighted by atomic mass is 10.5. The number of hydrogen-bond acceptors (Lipinski definition) is 2. The molecule has 0 aromatic carbocycles. The summed E-state index contributed by atoms with van der Waals surface area (Å²) in [5, 5.41) is 0. The van der Waals surface area contributed by atoms with Crippen molar-refractivity contribution in [3.8, 4) is 0 Å². The molecule has 1 aromatic rings. The van der Waals surface area contributed by atoms with Crippen molar-refractivity contribution in [2.75, 3.05) is 0 Å². The van der Waals surface area contributed by atoms with Gasteiger partial charge in [0.1, 0.15) is 0 Å². The maximum Gasteiger partial charge on any atom is 0.231 e. The first-order valence-corrected chi connectivity index (χ1v) is 2.23. The highest BCUT2D eigenvalue weighted by atomic mass is 19.1. The van der Waals surface area contributed by atoms with Crippen LogP contribution in [0.25, 0.3) is 0 Å². The zero-order chi connectivity index (χ0) is 5.98. The summed E-state index contributed by atoms with van der Waals surface area (Å²) in [6.07, 6.45) is 2.58. The van der Waals surface area contributed by atoms with Gasteiger partial charge in [-0.25, -0.2) is 4.98 Å². The monoisotopic (exact) mass is 112 g/mol. The van der Waals surface area contributed by atoms with Crippen molar-refractivity contribution in [2.45, 2.75) is 6.92 Å². The minimum atomic E-state index is -0.523. The van der Waals surface area contributed by atoms with Gasteiger partial charge >= 0.3 is 0 Å². The molecule has 0 atom stereocenters. The summed E-state index contributed by atoms with van der Waals surface area (Å²) in [6.45, 7) is 1.69. The number of halogens is 1. The average Bonchev–Trinajstić information content (AvgIpc) is 1.64. The molecule has 0 amide bonds. The molecule has 1 aromatic heterocycles. The maximum absolute atomic E-state index is 12.0. The van der Waals surface area contributed by atoms with E-state index in [1.807, 2.05) is 0 Å². The molecule has 0 saturated carbocycles. The molecule has 0 radical (unpaired) electrons. The third kappa shape index (κ3) is 0.992. The highest BCUT2D eigenvalue weighted by molar-refractivity contribution is 4.90. The van der Waals surface area contributed by atoms with Gasteiger partial charge < -0.3 is 0 Å². The van der Waals surface area contributed by atoms with Gasteiger partial charge in [0, 0.05) is 6.20 Å². The first-order chi connectivity index (χ1) is 3.79. The second kappa shape index (κ2) is 1.86. The standard InChI is InChI=1S/C5H5FN2/c1-4-2-7-3-5(6)8-4/h2-3H,1H3. The summed E-state index contributed by atoms with van der Waals surface area (Å²) in [4.78, 5) is 6.99. The van der Waals surface area contributed by atoms with Crippen LogP contribution in [0.2, 0.25) is 0 Å². The third-order valence-corrected chi connectivity index (χ3v) is 0.726. The van der Waals surface area contributed by atoms with Gasteiger partial charge in [0.15, 0.2) is 0 Å². The molecule has 2 nitrogen and oxygen atoms in total. The van der Waals surface area contributed by atoms with Gasteiger partial charge in [-0.2, -0.15) is 4.39 Å². The van der Waals surface area contributed by atoms with E-state index >= 15 is 0 Å². The smallest absolute Gasteiger partial charge is 0.231 e. The normalized spacial score (nSPS) is 9.25. The molecule has 3 heteroatoms. The van der Waals surface area contributed by atoms with Gasteiger partial charge in [0.05, 0.1) is 11.9 Å². The van der Waals surface area contributed by atoms with Gasteiger partial charge in [-0.05, 0) is 6.92 Å². The maximum atomic E-state index is 12.0. The molecule has 0 saturated heterocycles. The van der Waals surface area contributed by atoms with Gasteiger partial charge in [0.2, 0.25) is 5.95 Å². The van der Waals surface area contributed by atoms with Gasteiger partial charge in [-0.15, -0.1) is 0 Å². The van der Waals surface area contributed by atoms with Crippen LogP contribution in [0.3, 0.4) is 0 Å². The molecular formula is C5H5FN2. The van der Waals surface area contributed by atoms with Crippen LogP contribution in [0.1, 0.15) is 5.69 Å². The molecule has 8 heavy (non-hydrogen) atoms. The quantitative estimate of drug-likeness (QED) is 0.498. The molecule has 0 spiro atoms. The van der Waals surface area contributed by atoms with Gasteiger partial charge in [-0.1, -0.05) is 0 Å². The average molecular weight is 112 g/mol. The lowest BCUT2D eigenvalue weighted by Gasteiger charge is -1.86. The summed E-state index contributed by atoms with van der Waals surface area (Å²) >= 11 is 0. The Labute approximate surface area is 46.4 Å². The number of aryl methyl sites for hydroxylation is 1. The van der Waals surface area contributed by atoms with E-state index in [9.17, 15) is 4.39 Å². The molecule has 0 fully saturated rings.